The third-order valence-electron chi connectivity index (χ3n) is 3.78. The van der Waals surface area contributed by atoms with Crippen LogP contribution in [-0.4, -0.2) is 23.9 Å². The Bertz CT molecular complexity index is 1220. The fourth-order valence-corrected chi connectivity index (χ4v) is 4.81. The number of alkyl halides is 3. The molecule has 0 saturated carbocycles. The van der Waals surface area contributed by atoms with Gasteiger partial charge in [0.2, 0.25) is 0 Å². The maximum absolute atomic E-state index is 12.8. The van der Waals surface area contributed by atoms with Gasteiger partial charge in [-0.2, -0.15) is 13.2 Å². The predicted molar refractivity (Wildman–Crippen MR) is 105 cm³/mol. The normalized spacial score (nSPS) is 12.1. The number of hydrogen-bond acceptors (Lipinski definition) is 4. The molecule has 0 saturated heterocycles. The van der Waals surface area contributed by atoms with E-state index >= 15 is 0 Å². The molecule has 0 aliphatic rings. The molecular weight excluding hydrogens is 490 g/mol. The van der Waals surface area contributed by atoms with Crippen LogP contribution >= 0.6 is 34.8 Å². The molecule has 1 N–H and O–H groups in total. The van der Waals surface area contributed by atoms with Crippen molar-refractivity contribution in [2.75, 3.05) is 0 Å². The highest BCUT2D eigenvalue weighted by Gasteiger charge is 2.31. The first-order chi connectivity index (χ1) is 13.9. The average Bonchev–Trinajstić information content (AvgIpc) is 3.10. The lowest BCUT2D eigenvalue weighted by Gasteiger charge is -2.10. The topological polar surface area (TPSA) is 81.1 Å². The Morgan fingerprint density at radius 3 is 2.23 bits per heavy atom. The average molecular weight is 499 g/mol. The van der Waals surface area contributed by atoms with E-state index in [1.54, 1.807) is 4.72 Å². The number of nitrogens with zero attached hydrogens (tertiary/aromatic N) is 2. The van der Waals surface area contributed by atoms with E-state index in [1.165, 1.54) is 22.8 Å². The molecule has 0 aliphatic heterocycles. The smallest absolute Gasteiger partial charge is 0.304 e. The van der Waals surface area contributed by atoms with E-state index in [9.17, 15) is 26.4 Å². The molecule has 0 bridgehead atoms. The number of hydrogen-bond donors (Lipinski definition) is 1. The highest BCUT2D eigenvalue weighted by atomic mass is 35.5. The minimum absolute atomic E-state index is 0.105. The summed E-state index contributed by atoms with van der Waals surface area (Å²) in [6, 6.07) is 6.63. The van der Waals surface area contributed by atoms with Crippen LogP contribution in [0.15, 0.2) is 53.8 Å². The minimum Gasteiger partial charge on any atom is -0.304 e. The van der Waals surface area contributed by atoms with Gasteiger partial charge in [-0.05, 0) is 30.3 Å². The van der Waals surface area contributed by atoms with E-state index in [2.05, 4.69) is 4.98 Å². The summed E-state index contributed by atoms with van der Waals surface area (Å²) < 4.78 is 66.2. The van der Waals surface area contributed by atoms with Crippen molar-refractivity contribution in [2.45, 2.75) is 11.1 Å². The maximum Gasteiger partial charge on any atom is 0.416 e. The fraction of sp³-hybridized carbons (Fsp3) is 0.0588. The van der Waals surface area contributed by atoms with E-state index in [-0.39, 0.29) is 26.4 Å². The van der Waals surface area contributed by atoms with Gasteiger partial charge in [-0.3, -0.25) is 4.79 Å². The molecule has 3 rings (SSSR count). The molecule has 158 valence electrons. The molecule has 13 heteroatoms. The zero-order valence-corrected chi connectivity index (χ0v) is 17.5. The second-order valence-electron chi connectivity index (χ2n) is 5.82. The summed E-state index contributed by atoms with van der Waals surface area (Å²) >= 11 is 17.6. The molecule has 0 aliphatic carbocycles. The van der Waals surface area contributed by atoms with Gasteiger partial charge in [0.15, 0.2) is 0 Å². The van der Waals surface area contributed by atoms with Crippen LogP contribution in [0.25, 0.3) is 5.69 Å². The molecule has 6 nitrogen and oxygen atoms in total. The van der Waals surface area contributed by atoms with Crippen LogP contribution in [0.5, 0.6) is 0 Å². The van der Waals surface area contributed by atoms with Crippen molar-refractivity contribution in [1.29, 1.82) is 0 Å². The summed E-state index contributed by atoms with van der Waals surface area (Å²) in [4.78, 5) is 15.6. The van der Waals surface area contributed by atoms with Crippen LogP contribution in [0.2, 0.25) is 15.1 Å². The van der Waals surface area contributed by atoms with E-state index < -0.39 is 32.6 Å². The van der Waals surface area contributed by atoms with Crippen LogP contribution in [0.4, 0.5) is 13.2 Å². The van der Waals surface area contributed by atoms with E-state index in [1.807, 2.05) is 0 Å². The van der Waals surface area contributed by atoms with Crippen LogP contribution in [0, 0.1) is 0 Å². The van der Waals surface area contributed by atoms with Crippen LogP contribution < -0.4 is 4.72 Å². The number of sulfonamides is 1. The second kappa shape index (κ2) is 8.10. The predicted octanol–water partition coefficient (Wildman–Crippen LogP) is 4.97. The second-order valence-corrected chi connectivity index (χ2v) is 8.66. The molecule has 3 aromatic rings. The molecule has 0 atom stereocenters. The summed E-state index contributed by atoms with van der Waals surface area (Å²) in [5.41, 5.74) is -1.18. The molecule has 0 spiro atoms. The number of carbonyl (C=O) groups is 1. The lowest BCUT2D eigenvalue weighted by atomic mass is 10.2. The number of amides is 1. The Labute approximate surface area is 183 Å². The Morgan fingerprint density at radius 1 is 1.03 bits per heavy atom. The van der Waals surface area contributed by atoms with Gasteiger partial charge in [0.05, 0.1) is 26.3 Å². The van der Waals surface area contributed by atoms with Crippen molar-refractivity contribution in [3.8, 4) is 5.69 Å². The van der Waals surface area contributed by atoms with Gasteiger partial charge in [0, 0.05) is 6.20 Å². The lowest BCUT2D eigenvalue weighted by Crippen LogP contribution is -2.31. The molecule has 0 radical (unpaired) electrons. The zero-order valence-electron chi connectivity index (χ0n) is 14.4. The number of aromatic nitrogens is 2. The van der Waals surface area contributed by atoms with Gasteiger partial charge in [0.1, 0.15) is 16.9 Å². The number of rotatable bonds is 4. The lowest BCUT2D eigenvalue weighted by molar-refractivity contribution is -0.137. The molecule has 1 amide bonds. The van der Waals surface area contributed by atoms with Crippen molar-refractivity contribution in [2.24, 2.45) is 0 Å². The van der Waals surface area contributed by atoms with Crippen molar-refractivity contribution in [1.82, 2.24) is 14.3 Å². The summed E-state index contributed by atoms with van der Waals surface area (Å²) in [6.07, 6.45) is -2.37. The standard InChI is InChI=1S/C17H9Cl3F3N3O3S/c18-10-2-1-3-11(19)15(10)30(28,29)25-16(27)13-7-26(8-24-13)14-5-4-9(6-12(14)20)17(21,22)23/h1-8H,(H,25,27). The van der Waals surface area contributed by atoms with Crippen LogP contribution in [0.3, 0.4) is 0 Å². The van der Waals surface area contributed by atoms with E-state index in [0.717, 1.165) is 30.7 Å². The number of imidazole rings is 1. The summed E-state index contributed by atoms with van der Waals surface area (Å²) in [7, 11) is -4.42. The third-order valence-corrected chi connectivity index (χ3v) is 6.37. The van der Waals surface area contributed by atoms with Gasteiger partial charge in [0.25, 0.3) is 15.9 Å². The first-order valence-electron chi connectivity index (χ1n) is 7.82. The van der Waals surface area contributed by atoms with Gasteiger partial charge in [-0.1, -0.05) is 40.9 Å². The minimum atomic E-state index is -4.57. The van der Waals surface area contributed by atoms with Crippen molar-refractivity contribution >= 4 is 50.7 Å². The molecule has 0 fully saturated rings. The van der Waals surface area contributed by atoms with Crippen molar-refractivity contribution in [3.05, 3.63) is 75.2 Å². The Hall–Kier alpha value is -2.27. The number of halogens is 6. The Morgan fingerprint density at radius 2 is 1.67 bits per heavy atom. The van der Waals surface area contributed by atoms with Crippen molar-refractivity contribution < 1.29 is 26.4 Å². The maximum atomic E-state index is 12.8. The molecule has 1 aromatic heterocycles. The number of nitrogens with one attached hydrogen (secondary N) is 1. The zero-order chi connectivity index (χ0) is 22.3. The summed E-state index contributed by atoms with van der Waals surface area (Å²) in [6.45, 7) is 0. The Kier molecular flexibility index (Phi) is 6.06. The van der Waals surface area contributed by atoms with E-state index in [0.29, 0.717) is 0 Å². The van der Waals surface area contributed by atoms with Gasteiger partial charge in [-0.25, -0.2) is 18.1 Å². The largest absolute Gasteiger partial charge is 0.416 e. The van der Waals surface area contributed by atoms with E-state index in [4.69, 9.17) is 34.8 Å². The van der Waals surface area contributed by atoms with Gasteiger partial charge in [-0.15, -0.1) is 0 Å². The highest BCUT2D eigenvalue weighted by Crippen LogP contribution is 2.33. The van der Waals surface area contributed by atoms with Gasteiger partial charge >= 0.3 is 6.18 Å². The molecule has 1 heterocycles. The number of carbonyl (C=O) groups excluding carboxylic acids is 1. The SMILES string of the molecule is O=C(NS(=O)(=O)c1c(Cl)cccc1Cl)c1cn(-c2ccc(C(F)(F)F)cc2Cl)cn1. The molecular formula is C17H9Cl3F3N3O3S. The fourth-order valence-electron chi connectivity index (χ4n) is 2.43. The van der Waals surface area contributed by atoms with Crippen LogP contribution in [-0.2, 0) is 16.2 Å². The first-order valence-corrected chi connectivity index (χ1v) is 10.4. The molecule has 30 heavy (non-hydrogen) atoms. The first kappa shape index (κ1) is 22.4. The third kappa shape index (κ3) is 4.56. The monoisotopic (exact) mass is 497 g/mol. The van der Waals surface area contributed by atoms with Crippen LogP contribution in [0.1, 0.15) is 16.1 Å². The summed E-state index contributed by atoms with van der Waals surface area (Å²) in [5, 5.41) is -0.626. The number of benzene rings is 2. The summed E-state index contributed by atoms with van der Waals surface area (Å²) in [5.74, 6) is -1.10. The quantitative estimate of drug-likeness (QED) is 0.551. The molecule has 2 aromatic carbocycles. The molecule has 0 unspecified atom stereocenters. The van der Waals surface area contributed by atoms with Gasteiger partial charge < -0.3 is 4.57 Å². The Balaban J connectivity index is 1.87. The highest BCUT2D eigenvalue weighted by molar-refractivity contribution is 7.90. The van der Waals surface area contributed by atoms with Crippen molar-refractivity contribution in [3.63, 3.8) is 0 Å².